The molecule has 0 fully saturated rings. The van der Waals surface area contributed by atoms with Gasteiger partial charge in [0, 0.05) is 20.0 Å². The topological polar surface area (TPSA) is 55.8 Å². The van der Waals surface area contributed by atoms with Gasteiger partial charge in [-0.1, -0.05) is 18.2 Å². The minimum Gasteiger partial charge on any atom is -0.469 e. The number of amides is 1. The fourth-order valence-electron chi connectivity index (χ4n) is 1.32. The lowest BCUT2D eigenvalue weighted by Crippen LogP contribution is -2.30. The Balaban J connectivity index is 2.31. The number of para-hydroxylation sites is 1. The van der Waals surface area contributed by atoms with Crippen LogP contribution in [0.4, 0.5) is 4.79 Å². The molecule has 5 heteroatoms. The van der Waals surface area contributed by atoms with Gasteiger partial charge in [-0.15, -0.1) is 0 Å². The zero-order chi connectivity index (χ0) is 13.4. The first-order valence-electron chi connectivity index (χ1n) is 5.68. The summed E-state index contributed by atoms with van der Waals surface area (Å²) < 4.78 is 9.65. The predicted molar refractivity (Wildman–Crippen MR) is 66.3 cm³/mol. The van der Waals surface area contributed by atoms with Crippen molar-refractivity contribution in [2.24, 2.45) is 0 Å². The van der Waals surface area contributed by atoms with Gasteiger partial charge in [0.25, 0.3) is 0 Å². The Hall–Kier alpha value is -2.04. The highest BCUT2D eigenvalue weighted by atomic mass is 16.6. The van der Waals surface area contributed by atoms with Crippen LogP contribution in [0, 0.1) is 0 Å². The summed E-state index contributed by atoms with van der Waals surface area (Å²) in [5.41, 5.74) is 0. The minimum absolute atomic E-state index is 0.278. The molecule has 0 aromatic heterocycles. The van der Waals surface area contributed by atoms with Crippen LogP contribution < -0.4 is 4.74 Å². The van der Waals surface area contributed by atoms with Gasteiger partial charge >= 0.3 is 12.1 Å². The molecule has 0 saturated carbocycles. The number of esters is 1. The van der Waals surface area contributed by atoms with E-state index in [9.17, 15) is 9.59 Å². The standard InChI is InChI=1S/C13H17NO4/c1-14(10-6-9-12(15)17-2)13(16)18-11-7-4-3-5-8-11/h3-5,7-8H,6,9-10H2,1-2H3. The van der Waals surface area contributed by atoms with E-state index in [-0.39, 0.29) is 5.97 Å². The zero-order valence-corrected chi connectivity index (χ0v) is 10.6. The smallest absolute Gasteiger partial charge is 0.414 e. The van der Waals surface area contributed by atoms with E-state index in [2.05, 4.69) is 4.74 Å². The molecule has 0 aliphatic heterocycles. The SMILES string of the molecule is COC(=O)CCCN(C)C(=O)Oc1ccccc1. The summed E-state index contributed by atoms with van der Waals surface area (Å²) in [6.45, 7) is 0.445. The molecule has 1 aromatic carbocycles. The summed E-state index contributed by atoms with van der Waals surface area (Å²) in [6, 6.07) is 8.84. The van der Waals surface area contributed by atoms with Crippen LogP contribution in [0.2, 0.25) is 0 Å². The minimum atomic E-state index is -0.439. The van der Waals surface area contributed by atoms with Crippen molar-refractivity contribution in [2.45, 2.75) is 12.8 Å². The summed E-state index contributed by atoms with van der Waals surface area (Å²) in [5, 5.41) is 0. The third kappa shape index (κ3) is 4.86. The maximum atomic E-state index is 11.6. The molecule has 0 heterocycles. The monoisotopic (exact) mass is 251 g/mol. The largest absolute Gasteiger partial charge is 0.469 e. The quantitative estimate of drug-likeness (QED) is 0.752. The van der Waals surface area contributed by atoms with Crippen molar-refractivity contribution < 1.29 is 19.1 Å². The van der Waals surface area contributed by atoms with Gasteiger partial charge in [-0.05, 0) is 18.6 Å². The van der Waals surface area contributed by atoms with Crippen LogP contribution in [0.25, 0.3) is 0 Å². The molecule has 0 atom stereocenters. The van der Waals surface area contributed by atoms with E-state index >= 15 is 0 Å². The van der Waals surface area contributed by atoms with Crippen LogP contribution in [0.1, 0.15) is 12.8 Å². The van der Waals surface area contributed by atoms with E-state index in [0.717, 1.165) is 0 Å². The third-order valence-corrected chi connectivity index (χ3v) is 2.36. The van der Waals surface area contributed by atoms with Gasteiger partial charge in [-0.25, -0.2) is 4.79 Å². The van der Waals surface area contributed by atoms with Gasteiger partial charge in [0.05, 0.1) is 7.11 Å². The molecular formula is C13H17NO4. The Bertz CT molecular complexity index is 391. The van der Waals surface area contributed by atoms with Gasteiger partial charge in [0.2, 0.25) is 0 Å². The van der Waals surface area contributed by atoms with Crippen molar-refractivity contribution in [2.75, 3.05) is 20.7 Å². The Morgan fingerprint density at radius 3 is 2.50 bits per heavy atom. The predicted octanol–water partition coefficient (Wildman–Crippen LogP) is 2.07. The van der Waals surface area contributed by atoms with Gasteiger partial charge in [-0.3, -0.25) is 4.79 Å². The van der Waals surface area contributed by atoms with Crippen LogP contribution in [0.3, 0.4) is 0 Å². The molecule has 0 aliphatic rings. The molecule has 0 aliphatic carbocycles. The Kier molecular flexibility index (Phi) is 5.70. The number of carbonyl (C=O) groups is 2. The Morgan fingerprint density at radius 1 is 1.22 bits per heavy atom. The first-order chi connectivity index (χ1) is 8.63. The first kappa shape index (κ1) is 14.0. The van der Waals surface area contributed by atoms with Crippen molar-refractivity contribution in [1.29, 1.82) is 0 Å². The molecule has 98 valence electrons. The van der Waals surface area contributed by atoms with E-state index in [1.54, 1.807) is 31.3 Å². The second kappa shape index (κ2) is 7.32. The molecule has 18 heavy (non-hydrogen) atoms. The van der Waals surface area contributed by atoms with Crippen molar-refractivity contribution in [1.82, 2.24) is 4.90 Å². The molecular weight excluding hydrogens is 234 g/mol. The first-order valence-corrected chi connectivity index (χ1v) is 5.68. The molecule has 0 spiro atoms. The highest BCUT2D eigenvalue weighted by Gasteiger charge is 2.11. The lowest BCUT2D eigenvalue weighted by atomic mass is 10.3. The average molecular weight is 251 g/mol. The molecule has 0 radical (unpaired) electrons. The lowest BCUT2D eigenvalue weighted by Gasteiger charge is -2.16. The number of ether oxygens (including phenoxy) is 2. The average Bonchev–Trinajstić information content (AvgIpc) is 2.39. The highest BCUT2D eigenvalue weighted by Crippen LogP contribution is 2.09. The Morgan fingerprint density at radius 2 is 1.89 bits per heavy atom. The zero-order valence-electron chi connectivity index (χ0n) is 10.6. The summed E-state index contributed by atoms with van der Waals surface area (Å²) in [6.07, 6.45) is 0.401. The third-order valence-electron chi connectivity index (χ3n) is 2.36. The molecule has 0 saturated heterocycles. The molecule has 1 rings (SSSR count). The number of nitrogens with zero attached hydrogens (tertiary/aromatic N) is 1. The molecule has 0 N–H and O–H groups in total. The lowest BCUT2D eigenvalue weighted by molar-refractivity contribution is -0.140. The number of rotatable bonds is 5. The fourth-order valence-corrected chi connectivity index (χ4v) is 1.32. The summed E-state index contributed by atoms with van der Waals surface area (Å²) >= 11 is 0. The number of hydrogen-bond donors (Lipinski definition) is 0. The number of hydrogen-bond acceptors (Lipinski definition) is 4. The van der Waals surface area contributed by atoms with Gasteiger partial charge in [0.1, 0.15) is 5.75 Å². The molecule has 1 amide bonds. The van der Waals surface area contributed by atoms with Gasteiger partial charge < -0.3 is 14.4 Å². The second-order valence-electron chi connectivity index (χ2n) is 3.78. The normalized spacial score (nSPS) is 9.67. The van der Waals surface area contributed by atoms with Crippen molar-refractivity contribution in [3.05, 3.63) is 30.3 Å². The number of carbonyl (C=O) groups excluding carboxylic acids is 2. The number of benzene rings is 1. The van der Waals surface area contributed by atoms with E-state index in [4.69, 9.17) is 4.74 Å². The summed E-state index contributed by atoms with van der Waals surface area (Å²) in [7, 11) is 2.97. The van der Waals surface area contributed by atoms with Crippen LogP contribution in [0.15, 0.2) is 30.3 Å². The van der Waals surface area contributed by atoms with Crippen LogP contribution in [-0.4, -0.2) is 37.7 Å². The maximum absolute atomic E-state index is 11.6. The fraction of sp³-hybridized carbons (Fsp3) is 0.385. The van der Waals surface area contributed by atoms with Gasteiger partial charge in [-0.2, -0.15) is 0 Å². The number of methoxy groups -OCH3 is 1. The van der Waals surface area contributed by atoms with E-state index in [0.29, 0.717) is 25.1 Å². The van der Waals surface area contributed by atoms with Crippen molar-refractivity contribution in [3.63, 3.8) is 0 Å². The molecule has 0 unspecified atom stereocenters. The van der Waals surface area contributed by atoms with E-state index < -0.39 is 6.09 Å². The summed E-state index contributed by atoms with van der Waals surface area (Å²) in [4.78, 5) is 24.0. The van der Waals surface area contributed by atoms with Crippen LogP contribution in [-0.2, 0) is 9.53 Å². The van der Waals surface area contributed by atoms with Crippen LogP contribution >= 0.6 is 0 Å². The second-order valence-corrected chi connectivity index (χ2v) is 3.78. The summed E-state index contributed by atoms with van der Waals surface area (Å²) in [5.74, 6) is 0.224. The van der Waals surface area contributed by atoms with E-state index in [1.807, 2.05) is 6.07 Å². The molecule has 5 nitrogen and oxygen atoms in total. The Labute approximate surface area is 106 Å². The molecule has 1 aromatic rings. The van der Waals surface area contributed by atoms with E-state index in [1.165, 1.54) is 12.0 Å². The molecule has 0 bridgehead atoms. The van der Waals surface area contributed by atoms with Crippen LogP contribution in [0.5, 0.6) is 5.75 Å². The highest BCUT2D eigenvalue weighted by molar-refractivity contribution is 5.71. The maximum Gasteiger partial charge on any atom is 0.414 e. The van der Waals surface area contributed by atoms with Gasteiger partial charge in [0.15, 0.2) is 0 Å². The van der Waals surface area contributed by atoms with Crippen molar-refractivity contribution >= 4 is 12.1 Å². The van der Waals surface area contributed by atoms with Crippen molar-refractivity contribution in [3.8, 4) is 5.75 Å².